The SMILES string of the molecule is Cc1ccc(N2C(=S)N[C@H](c3ccccn3)[C@H]2c2c(C)c(C)n(-c3ccccc3)c2C)cc1C. The summed E-state index contributed by atoms with van der Waals surface area (Å²) in [7, 11) is 0. The Balaban J connectivity index is 1.74. The van der Waals surface area contributed by atoms with Crippen LogP contribution in [0.2, 0.25) is 0 Å². The molecular formula is C29H30N4S. The first-order valence-electron chi connectivity index (χ1n) is 11.7. The maximum absolute atomic E-state index is 5.95. The maximum atomic E-state index is 5.95. The molecule has 0 bridgehead atoms. The van der Waals surface area contributed by atoms with Crippen LogP contribution >= 0.6 is 12.2 Å². The zero-order chi connectivity index (χ0) is 24.0. The number of pyridine rings is 1. The van der Waals surface area contributed by atoms with E-state index in [4.69, 9.17) is 17.2 Å². The van der Waals surface area contributed by atoms with Gasteiger partial charge in [0, 0.05) is 34.5 Å². The summed E-state index contributed by atoms with van der Waals surface area (Å²) in [5.41, 5.74) is 10.9. The molecule has 0 amide bonds. The topological polar surface area (TPSA) is 33.1 Å². The Morgan fingerprint density at radius 1 is 0.794 bits per heavy atom. The lowest BCUT2D eigenvalue weighted by Gasteiger charge is -2.29. The molecule has 1 saturated heterocycles. The Hall–Kier alpha value is -3.44. The van der Waals surface area contributed by atoms with Crippen LogP contribution in [0.3, 0.4) is 0 Å². The van der Waals surface area contributed by atoms with E-state index < -0.39 is 0 Å². The van der Waals surface area contributed by atoms with Gasteiger partial charge in [0.05, 0.1) is 17.8 Å². The third-order valence-corrected chi connectivity index (χ3v) is 7.50. The van der Waals surface area contributed by atoms with Crippen LogP contribution in [-0.4, -0.2) is 14.7 Å². The van der Waals surface area contributed by atoms with E-state index in [9.17, 15) is 0 Å². The number of rotatable bonds is 4. The number of aryl methyl sites for hydroxylation is 2. The first kappa shape index (κ1) is 22.4. The van der Waals surface area contributed by atoms with Gasteiger partial charge in [-0.15, -0.1) is 0 Å². The summed E-state index contributed by atoms with van der Waals surface area (Å²) in [6.07, 6.45) is 1.86. The third-order valence-electron chi connectivity index (χ3n) is 7.18. The molecule has 172 valence electrons. The van der Waals surface area contributed by atoms with Gasteiger partial charge in [0.2, 0.25) is 0 Å². The Kier molecular flexibility index (Phi) is 5.74. The van der Waals surface area contributed by atoms with E-state index in [0.717, 1.165) is 16.5 Å². The van der Waals surface area contributed by atoms with E-state index in [0.29, 0.717) is 0 Å². The lowest BCUT2D eigenvalue weighted by Crippen LogP contribution is -2.30. The number of benzene rings is 2. The van der Waals surface area contributed by atoms with Crippen LogP contribution in [0, 0.1) is 34.6 Å². The van der Waals surface area contributed by atoms with Crippen molar-refractivity contribution in [1.29, 1.82) is 0 Å². The van der Waals surface area contributed by atoms with Crippen molar-refractivity contribution in [2.45, 2.75) is 46.7 Å². The van der Waals surface area contributed by atoms with Crippen LogP contribution in [0.25, 0.3) is 5.69 Å². The van der Waals surface area contributed by atoms with Crippen molar-refractivity contribution in [3.8, 4) is 5.69 Å². The fraction of sp³-hybridized carbons (Fsp3) is 0.241. The molecule has 1 fully saturated rings. The van der Waals surface area contributed by atoms with Gasteiger partial charge in [-0.1, -0.05) is 30.3 Å². The fourth-order valence-electron chi connectivity index (χ4n) is 5.21. The van der Waals surface area contributed by atoms with Crippen LogP contribution in [0.15, 0.2) is 72.9 Å². The van der Waals surface area contributed by atoms with E-state index in [2.05, 4.69) is 104 Å². The van der Waals surface area contributed by atoms with Crippen molar-refractivity contribution in [3.63, 3.8) is 0 Å². The first-order valence-corrected chi connectivity index (χ1v) is 12.1. The van der Waals surface area contributed by atoms with Crippen molar-refractivity contribution >= 4 is 23.0 Å². The van der Waals surface area contributed by atoms with Gasteiger partial charge < -0.3 is 14.8 Å². The largest absolute Gasteiger partial charge is 0.351 e. The van der Waals surface area contributed by atoms with Gasteiger partial charge in [-0.05, 0) is 99.9 Å². The number of nitrogens with one attached hydrogen (secondary N) is 1. The number of nitrogens with zero attached hydrogens (tertiary/aromatic N) is 3. The standard InChI is InChI=1S/C29H30N4S/c1-18-14-15-24(17-19(18)2)33-28(27(31-29(33)34)25-13-9-10-16-30-25)26-20(3)21(4)32(22(26)5)23-11-7-6-8-12-23/h6-17,27-28H,1-5H3,(H,31,34)/t27-,28-/m1/s1. The Morgan fingerprint density at radius 3 is 2.21 bits per heavy atom. The fourth-order valence-corrected chi connectivity index (χ4v) is 5.55. The van der Waals surface area contributed by atoms with Crippen molar-refractivity contribution in [1.82, 2.24) is 14.9 Å². The van der Waals surface area contributed by atoms with Crippen LogP contribution in [0.5, 0.6) is 0 Å². The Morgan fingerprint density at radius 2 is 1.53 bits per heavy atom. The average Bonchev–Trinajstić information content (AvgIpc) is 3.29. The van der Waals surface area contributed by atoms with Crippen molar-refractivity contribution in [2.24, 2.45) is 0 Å². The molecule has 0 radical (unpaired) electrons. The molecule has 1 aliphatic rings. The van der Waals surface area contributed by atoms with Crippen molar-refractivity contribution < 1.29 is 0 Å². The highest BCUT2D eigenvalue weighted by molar-refractivity contribution is 7.80. The molecule has 1 aliphatic heterocycles. The molecule has 5 rings (SSSR count). The minimum atomic E-state index is -0.0567. The molecule has 2 atom stereocenters. The summed E-state index contributed by atoms with van der Waals surface area (Å²) in [6.45, 7) is 11.0. The van der Waals surface area contributed by atoms with E-state index in [-0.39, 0.29) is 12.1 Å². The van der Waals surface area contributed by atoms with E-state index >= 15 is 0 Å². The van der Waals surface area contributed by atoms with Crippen LogP contribution in [0.4, 0.5) is 5.69 Å². The lowest BCUT2D eigenvalue weighted by atomic mass is 9.93. The maximum Gasteiger partial charge on any atom is 0.174 e. The van der Waals surface area contributed by atoms with Gasteiger partial charge >= 0.3 is 0 Å². The molecule has 5 heteroatoms. The number of thiocarbonyl (C=S) groups is 1. The van der Waals surface area contributed by atoms with Crippen LogP contribution < -0.4 is 10.2 Å². The number of para-hydroxylation sites is 1. The number of aromatic nitrogens is 2. The highest BCUT2D eigenvalue weighted by atomic mass is 32.1. The minimum Gasteiger partial charge on any atom is -0.351 e. The van der Waals surface area contributed by atoms with Gasteiger partial charge in [0.15, 0.2) is 5.11 Å². The van der Waals surface area contributed by atoms with Gasteiger partial charge in [-0.3, -0.25) is 4.98 Å². The summed E-state index contributed by atoms with van der Waals surface area (Å²) >= 11 is 5.95. The molecule has 4 aromatic rings. The number of hydrogen-bond donors (Lipinski definition) is 1. The van der Waals surface area contributed by atoms with Gasteiger partial charge in [-0.25, -0.2) is 0 Å². The predicted molar refractivity (Wildman–Crippen MR) is 144 cm³/mol. The highest BCUT2D eigenvalue weighted by Crippen LogP contribution is 2.45. The molecule has 2 aromatic heterocycles. The quantitative estimate of drug-likeness (QED) is 0.344. The van der Waals surface area contributed by atoms with E-state index in [1.54, 1.807) is 0 Å². The highest BCUT2D eigenvalue weighted by Gasteiger charge is 2.43. The molecule has 4 nitrogen and oxygen atoms in total. The van der Waals surface area contributed by atoms with Crippen molar-refractivity contribution in [3.05, 3.63) is 112 Å². The molecule has 0 spiro atoms. The second-order valence-corrected chi connectivity index (χ2v) is 9.53. The van der Waals surface area contributed by atoms with Crippen LogP contribution in [-0.2, 0) is 0 Å². The molecular weight excluding hydrogens is 436 g/mol. The van der Waals surface area contributed by atoms with Crippen molar-refractivity contribution in [2.75, 3.05) is 4.90 Å². The minimum absolute atomic E-state index is 0.0202. The summed E-state index contributed by atoms with van der Waals surface area (Å²) in [5, 5.41) is 4.34. The molecule has 0 unspecified atom stereocenters. The summed E-state index contributed by atoms with van der Waals surface area (Å²) < 4.78 is 2.36. The lowest BCUT2D eigenvalue weighted by molar-refractivity contribution is 0.563. The molecule has 3 heterocycles. The zero-order valence-corrected chi connectivity index (χ0v) is 21.1. The molecule has 1 N–H and O–H groups in total. The second-order valence-electron chi connectivity index (χ2n) is 9.15. The normalized spacial score (nSPS) is 17.8. The number of hydrogen-bond acceptors (Lipinski definition) is 2. The monoisotopic (exact) mass is 466 g/mol. The van der Waals surface area contributed by atoms with Gasteiger partial charge in [-0.2, -0.15) is 0 Å². The van der Waals surface area contributed by atoms with Crippen LogP contribution in [0.1, 0.15) is 51.4 Å². The Labute approximate surface area is 207 Å². The molecule has 34 heavy (non-hydrogen) atoms. The van der Waals surface area contributed by atoms with E-state index in [1.807, 2.05) is 18.3 Å². The van der Waals surface area contributed by atoms with E-state index in [1.165, 1.54) is 39.3 Å². The molecule has 2 aromatic carbocycles. The number of anilines is 1. The molecule has 0 aliphatic carbocycles. The smallest absolute Gasteiger partial charge is 0.174 e. The molecule has 0 saturated carbocycles. The third kappa shape index (κ3) is 3.61. The zero-order valence-electron chi connectivity index (χ0n) is 20.3. The summed E-state index contributed by atoms with van der Waals surface area (Å²) in [6, 6.07) is 23.2. The van der Waals surface area contributed by atoms with Gasteiger partial charge in [0.1, 0.15) is 0 Å². The Bertz CT molecular complexity index is 1360. The van der Waals surface area contributed by atoms with Gasteiger partial charge in [0.25, 0.3) is 0 Å². The second kappa shape index (κ2) is 8.73. The summed E-state index contributed by atoms with van der Waals surface area (Å²) in [4.78, 5) is 7.00. The first-order chi connectivity index (χ1) is 16.4. The predicted octanol–water partition coefficient (Wildman–Crippen LogP) is 6.59. The summed E-state index contributed by atoms with van der Waals surface area (Å²) in [5.74, 6) is 0. The average molecular weight is 467 g/mol.